The molecule has 2 amide bonds. The summed E-state index contributed by atoms with van der Waals surface area (Å²) in [5.74, 6) is -0.187. The van der Waals surface area contributed by atoms with E-state index in [1.165, 1.54) is 11.3 Å². The summed E-state index contributed by atoms with van der Waals surface area (Å²) in [4.78, 5) is 28.0. The maximum Gasteiger partial charge on any atom is 0.264 e. The number of piperidine rings is 1. The molecule has 2 aromatic rings. The molecule has 5 nitrogen and oxygen atoms in total. The highest BCUT2D eigenvalue weighted by Crippen LogP contribution is 2.24. The van der Waals surface area contributed by atoms with Crippen molar-refractivity contribution < 1.29 is 14.3 Å². The number of carbonyl (C=O) groups excluding carboxylic acids is 2. The number of hydrogen-bond acceptors (Lipinski definition) is 4. The van der Waals surface area contributed by atoms with Crippen molar-refractivity contribution in [1.29, 1.82) is 0 Å². The van der Waals surface area contributed by atoms with E-state index in [1.54, 1.807) is 12.0 Å². The number of likely N-dealkylation sites (tertiary alicyclic amines) is 1. The van der Waals surface area contributed by atoms with Crippen LogP contribution < -0.4 is 5.32 Å². The molecule has 1 aliphatic heterocycles. The number of carbonyl (C=O) groups is 2. The monoisotopic (exact) mass is 358 g/mol. The van der Waals surface area contributed by atoms with Gasteiger partial charge in [0.25, 0.3) is 5.91 Å². The lowest BCUT2D eigenvalue weighted by atomic mass is 10.0. The van der Waals surface area contributed by atoms with E-state index in [0.717, 1.165) is 24.1 Å². The van der Waals surface area contributed by atoms with E-state index in [4.69, 9.17) is 4.74 Å². The van der Waals surface area contributed by atoms with Gasteiger partial charge in [-0.15, -0.1) is 11.3 Å². The zero-order valence-electron chi connectivity index (χ0n) is 14.2. The highest BCUT2D eigenvalue weighted by molar-refractivity contribution is 7.12. The number of hydrogen-bond donors (Lipinski definition) is 1. The lowest BCUT2D eigenvalue weighted by Crippen LogP contribution is -2.49. The molecule has 0 radical (unpaired) electrons. The summed E-state index contributed by atoms with van der Waals surface area (Å²) in [6.07, 6.45) is 2.57. The molecular weight excluding hydrogens is 336 g/mol. The molecule has 3 rings (SSSR count). The van der Waals surface area contributed by atoms with Crippen LogP contribution in [-0.4, -0.2) is 36.4 Å². The SMILES string of the molecule is COCc1ccccc1NC(=O)C1CCCCN1C(=O)c1cccs1. The Morgan fingerprint density at radius 3 is 2.84 bits per heavy atom. The third-order valence-electron chi connectivity index (χ3n) is 4.37. The minimum absolute atomic E-state index is 0.0555. The van der Waals surface area contributed by atoms with Crippen molar-refractivity contribution in [2.75, 3.05) is 19.0 Å². The Hall–Kier alpha value is -2.18. The van der Waals surface area contributed by atoms with E-state index in [1.807, 2.05) is 41.8 Å². The Morgan fingerprint density at radius 1 is 1.24 bits per heavy atom. The predicted molar refractivity (Wildman–Crippen MR) is 98.8 cm³/mol. The van der Waals surface area contributed by atoms with Crippen molar-refractivity contribution in [2.24, 2.45) is 0 Å². The number of methoxy groups -OCH3 is 1. The fourth-order valence-corrected chi connectivity index (χ4v) is 3.81. The van der Waals surface area contributed by atoms with E-state index < -0.39 is 6.04 Å². The Bertz CT molecular complexity index is 730. The Morgan fingerprint density at radius 2 is 2.08 bits per heavy atom. The predicted octanol–water partition coefficient (Wildman–Crippen LogP) is 3.53. The topological polar surface area (TPSA) is 58.6 Å². The maximum atomic E-state index is 12.9. The molecule has 132 valence electrons. The first-order valence-corrected chi connectivity index (χ1v) is 9.31. The first kappa shape index (κ1) is 17.6. The summed E-state index contributed by atoms with van der Waals surface area (Å²) in [7, 11) is 1.63. The fourth-order valence-electron chi connectivity index (χ4n) is 3.13. The third-order valence-corrected chi connectivity index (χ3v) is 5.23. The molecule has 0 bridgehead atoms. The molecule has 1 aliphatic rings. The standard InChI is InChI=1S/C19H22N2O3S/c1-24-13-14-7-2-3-8-15(14)20-18(22)16-9-4-5-11-21(16)19(23)17-10-6-12-25-17/h2-3,6-8,10,12,16H,4-5,9,11,13H2,1H3,(H,20,22). The first-order chi connectivity index (χ1) is 12.2. The van der Waals surface area contributed by atoms with E-state index in [2.05, 4.69) is 5.32 Å². The van der Waals surface area contributed by atoms with Gasteiger partial charge in [0.05, 0.1) is 11.5 Å². The van der Waals surface area contributed by atoms with Crippen molar-refractivity contribution >= 4 is 28.8 Å². The summed E-state index contributed by atoms with van der Waals surface area (Å²) in [6.45, 7) is 1.05. The zero-order valence-corrected chi connectivity index (χ0v) is 15.1. The van der Waals surface area contributed by atoms with Gasteiger partial charge < -0.3 is 15.0 Å². The van der Waals surface area contributed by atoms with Crippen LogP contribution in [0.5, 0.6) is 0 Å². The maximum absolute atomic E-state index is 12.9. The molecule has 0 saturated carbocycles. The van der Waals surface area contributed by atoms with Crippen LogP contribution in [0.25, 0.3) is 0 Å². The van der Waals surface area contributed by atoms with Crippen LogP contribution in [0.1, 0.15) is 34.5 Å². The van der Waals surface area contributed by atoms with Crippen molar-refractivity contribution in [3.8, 4) is 0 Å². The molecule has 6 heteroatoms. The summed E-state index contributed by atoms with van der Waals surface area (Å²) in [6, 6.07) is 10.8. The highest BCUT2D eigenvalue weighted by Gasteiger charge is 2.33. The fraction of sp³-hybridized carbons (Fsp3) is 0.368. The van der Waals surface area contributed by atoms with Crippen molar-refractivity contribution in [2.45, 2.75) is 31.9 Å². The third kappa shape index (κ3) is 4.08. The van der Waals surface area contributed by atoms with Crippen LogP contribution >= 0.6 is 11.3 Å². The second kappa shape index (κ2) is 8.27. The molecule has 25 heavy (non-hydrogen) atoms. The van der Waals surface area contributed by atoms with Crippen molar-refractivity contribution in [1.82, 2.24) is 4.90 Å². The van der Waals surface area contributed by atoms with Gasteiger partial charge in [-0.3, -0.25) is 9.59 Å². The van der Waals surface area contributed by atoms with Crippen LogP contribution in [0.2, 0.25) is 0 Å². The van der Waals surface area contributed by atoms with Crippen molar-refractivity contribution in [3.05, 3.63) is 52.2 Å². The van der Waals surface area contributed by atoms with Crippen molar-refractivity contribution in [3.63, 3.8) is 0 Å². The van der Waals surface area contributed by atoms with Gasteiger partial charge in [0.2, 0.25) is 5.91 Å². The van der Waals surface area contributed by atoms with Gasteiger partial charge in [-0.2, -0.15) is 0 Å². The number of rotatable bonds is 5. The van der Waals surface area contributed by atoms with Gasteiger partial charge in [0.15, 0.2) is 0 Å². The quantitative estimate of drug-likeness (QED) is 0.889. The smallest absolute Gasteiger partial charge is 0.264 e. The Balaban J connectivity index is 1.76. The van der Waals surface area contributed by atoms with Crippen LogP contribution in [-0.2, 0) is 16.1 Å². The number of benzene rings is 1. The van der Waals surface area contributed by atoms with Crippen LogP contribution in [0.4, 0.5) is 5.69 Å². The molecule has 0 aliphatic carbocycles. The number of para-hydroxylation sites is 1. The van der Waals surface area contributed by atoms with E-state index in [0.29, 0.717) is 24.4 Å². The normalized spacial score (nSPS) is 17.3. The van der Waals surface area contributed by atoms with Gasteiger partial charge in [-0.25, -0.2) is 0 Å². The summed E-state index contributed by atoms with van der Waals surface area (Å²) in [5.41, 5.74) is 1.66. The number of ether oxygens (including phenoxy) is 1. The van der Waals surface area contributed by atoms with Gasteiger partial charge in [0.1, 0.15) is 6.04 Å². The summed E-state index contributed by atoms with van der Waals surface area (Å²) >= 11 is 1.41. The van der Waals surface area contributed by atoms with Crippen LogP contribution in [0.3, 0.4) is 0 Å². The van der Waals surface area contributed by atoms with Gasteiger partial charge in [-0.1, -0.05) is 24.3 Å². The largest absolute Gasteiger partial charge is 0.380 e. The molecule has 1 unspecified atom stereocenters. The van der Waals surface area contributed by atoms with E-state index >= 15 is 0 Å². The molecule has 1 saturated heterocycles. The summed E-state index contributed by atoms with van der Waals surface area (Å²) < 4.78 is 5.19. The van der Waals surface area contributed by atoms with Crippen LogP contribution in [0.15, 0.2) is 41.8 Å². The molecular formula is C19H22N2O3S. The lowest BCUT2D eigenvalue weighted by Gasteiger charge is -2.34. The number of thiophene rings is 1. The van der Waals surface area contributed by atoms with E-state index in [-0.39, 0.29) is 11.8 Å². The molecule has 1 fully saturated rings. The van der Waals surface area contributed by atoms with E-state index in [9.17, 15) is 9.59 Å². The molecule has 1 atom stereocenters. The minimum atomic E-state index is -0.432. The Kier molecular flexibility index (Phi) is 5.83. The Labute approximate surface area is 151 Å². The second-order valence-corrected chi connectivity index (χ2v) is 7.01. The average molecular weight is 358 g/mol. The number of nitrogens with zero attached hydrogens (tertiary/aromatic N) is 1. The van der Waals surface area contributed by atoms with Gasteiger partial charge in [-0.05, 0) is 36.8 Å². The van der Waals surface area contributed by atoms with Gasteiger partial charge >= 0.3 is 0 Å². The first-order valence-electron chi connectivity index (χ1n) is 8.43. The number of nitrogens with one attached hydrogen (secondary N) is 1. The minimum Gasteiger partial charge on any atom is -0.380 e. The molecule has 2 heterocycles. The second-order valence-electron chi connectivity index (χ2n) is 6.07. The summed E-state index contributed by atoms with van der Waals surface area (Å²) in [5, 5.41) is 4.87. The molecule has 0 spiro atoms. The number of anilines is 1. The molecule has 1 N–H and O–H groups in total. The highest BCUT2D eigenvalue weighted by atomic mass is 32.1. The molecule has 1 aromatic heterocycles. The average Bonchev–Trinajstić information content (AvgIpc) is 3.17. The van der Waals surface area contributed by atoms with Gasteiger partial charge in [0, 0.05) is 24.9 Å². The molecule has 1 aromatic carbocycles. The number of amides is 2. The zero-order chi connectivity index (χ0) is 17.6. The van der Waals surface area contributed by atoms with Crippen LogP contribution in [0, 0.1) is 0 Å². The lowest BCUT2D eigenvalue weighted by molar-refractivity contribution is -0.121.